The van der Waals surface area contributed by atoms with Gasteiger partial charge in [0.15, 0.2) is 0 Å². The van der Waals surface area contributed by atoms with Crippen molar-refractivity contribution >= 4 is 17.2 Å². The van der Waals surface area contributed by atoms with Gasteiger partial charge in [0.1, 0.15) is 6.61 Å². The van der Waals surface area contributed by atoms with Gasteiger partial charge in [0.2, 0.25) is 0 Å². The Kier molecular flexibility index (Phi) is 5.04. The van der Waals surface area contributed by atoms with Crippen LogP contribution in [0.15, 0.2) is 6.07 Å². The minimum absolute atomic E-state index is 0.0938. The molecule has 0 spiro atoms. The highest BCUT2D eigenvalue weighted by molar-refractivity contribution is 7.14. The molecule has 114 valence electrons. The average Bonchev–Trinajstić information content (AvgIpc) is 2.99. The number of hydrogen-bond donors (Lipinski definition) is 1. The molecule has 1 aromatic heterocycles. The van der Waals surface area contributed by atoms with Gasteiger partial charge in [-0.15, -0.1) is 11.3 Å². The quantitative estimate of drug-likeness (QED) is 0.841. The number of nitrogens with zero attached hydrogens (tertiary/aromatic N) is 2. The fraction of sp³-hybridized carbons (Fsp3) is 0.562. The molecule has 2 atom stereocenters. The van der Waals surface area contributed by atoms with Crippen LogP contribution in [0, 0.1) is 24.7 Å². The Morgan fingerprint density at radius 1 is 1.52 bits per heavy atom. The van der Waals surface area contributed by atoms with E-state index in [0.29, 0.717) is 12.0 Å². The van der Waals surface area contributed by atoms with Gasteiger partial charge in [0.05, 0.1) is 9.75 Å². The lowest BCUT2D eigenvalue weighted by Gasteiger charge is -2.22. The van der Waals surface area contributed by atoms with Crippen molar-refractivity contribution in [1.82, 2.24) is 9.80 Å². The second-order valence-corrected chi connectivity index (χ2v) is 6.85. The second-order valence-electron chi connectivity index (χ2n) is 5.80. The SMILES string of the molecule is Cc1cc(C(=O)N2CC(C)C(N(C)C)C2)sc1C#CCO. The van der Waals surface area contributed by atoms with Crippen LogP contribution in [0.1, 0.15) is 27.0 Å². The van der Waals surface area contributed by atoms with Crippen molar-refractivity contribution in [2.24, 2.45) is 5.92 Å². The van der Waals surface area contributed by atoms with Gasteiger partial charge >= 0.3 is 0 Å². The van der Waals surface area contributed by atoms with Gasteiger partial charge in [-0.05, 0) is 38.6 Å². The van der Waals surface area contributed by atoms with Crippen molar-refractivity contribution in [3.63, 3.8) is 0 Å². The zero-order valence-corrected chi connectivity index (χ0v) is 13.8. The molecule has 1 fully saturated rings. The maximum atomic E-state index is 12.6. The molecular formula is C16H22N2O2S. The van der Waals surface area contributed by atoms with Crippen LogP contribution in [-0.2, 0) is 0 Å². The lowest BCUT2D eigenvalue weighted by Crippen LogP contribution is -2.35. The molecular weight excluding hydrogens is 284 g/mol. The predicted molar refractivity (Wildman–Crippen MR) is 85.6 cm³/mol. The lowest BCUT2D eigenvalue weighted by molar-refractivity contribution is 0.0786. The van der Waals surface area contributed by atoms with Gasteiger partial charge < -0.3 is 14.9 Å². The van der Waals surface area contributed by atoms with Crippen molar-refractivity contribution in [2.45, 2.75) is 19.9 Å². The number of likely N-dealkylation sites (N-methyl/N-ethyl adjacent to an activating group) is 1. The monoisotopic (exact) mass is 306 g/mol. The Hall–Kier alpha value is -1.35. The average molecular weight is 306 g/mol. The number of hydrogen-bond acceptors (Lipinski definition) is 4. The van der Waals surface area contributed by atoms with Gasteiger partial charge in [0, 0.05) is 19.1 Å². The van der Waals surface area contributed by atoms with Gasteiger partial charge in [0.25, 0.3) is 5.91 Å². The van der Waals surface area contributed by atoms with E-state index in [1.54, 1.807) is 0 Å². The molecule has 1 aromatic rings. The fourth-order valence-corrected chi connectivity index (χ4v) is 3.79. The zero-order valence-electron chi connectivity index (χ0n) is 13.0. The van der Waals surface area contributed by atoms with Crippen LogP contribution in [0.25, 0.3) is 0 Å². The molecule has 0 radical (unpaired) electrons. The fourth-order valence-electron chi connectivity index (χ4n) is 2.77. The lowest BCUT2D eigenvalue weighted by atomic mass is 10.1. The summed E-state index contributed by atoms with van der Waals surface area (Å²) in [5, 5.41) is 8.77. The van der Waals surface area contributed by atoms with Crippen LogP contribution in [0.3, 0.4) is 0 Å². The molecule has 1 aliphatic rings. The summed E-state index contributed by atoms with van der Waals surface area (Å²) >= 11 is 1.42. The number of rotatable bonds is 2. The molecule has 4 nitrogen and oxygen atoms in total. The molecule has 5 heteroatoms. The third-order valence-corrected chi connectivity index (χ3v) is 5.07. The number of thiophene rings is 1. The van der Waals surface area contributed by atoms with Gasteiger partial charge in [-0.3, -0.25) is 4.79 Å². The molecule has 1 N–H and O–H groups in total. The molecule has 1 saturated heterocycles. The van der Waals surface area contributed by atoms with E-state index in [2.05, 4.69) is 37.8 Å². The first-order chi connectivity index (χ1) is 9.93. The standard InChI is InChI=1S/C16H22N2O2S/c1-11-8-15(21-14(11)6-5-7-19)16(20)18-9-12(2)13(10-18)17(3)4/h8,12-13,19H,7,9-10H2,1-4H3. The third-order valence-electron chi connectivity index (χ3n) is 3.93. The van der Waals surface area contributed by atoms with E-state index in [9.17, 15) is 4.79 Å². The highest BCUT2D eigenvalue weighted by Gasteiger charge is 2.34. The zero-order chi connectivity index (χ0) is 15.6. The summed E-state index contributed by atoms with van der Waals surface area (Å²) < 4.78 is 0. The molecule has 1 amide bonds. The summed E-state index contributed by atoms with van der Waals surface area (Å²) in [5.74, 6) is 6.12. The molecule has 0 aromatic carbocycles. The number of likely N-dealkylation sites (tertiary alicyclic amines) is 1. The molecule has 0 bridgehead atoms. The minimum atomic E-state index is -0.158. The van der Waals surface area contributed by atoms with Gasteiger partial charge in [-0.2, -0.15) is 0 Å². The smallest absolute Gasteiger partial charge is 0.264 e. The van der Waals surface area contributed by atoms with E-state index in [0.717, 1.165) is 28.4 Å². The van der Waals surface area contributed by atoms with Crippen molar-refractivity contribution in [3.8, 4) is 11.8 Å². The molecule has 2 rings (SSSR count). The Labute approximate surface area is 130 Å². The molecule has 2 heterocycles. The van der Waals surface area contributed by atoms with Gasteiger partial charge in [-0.1, -0.05) is 18.8 Å². The molecule has 1 aliphatic heterocycles. The van der Waals surface area contributed by atoms with E-state index in [4.69, 9.17) is 5.11 Å². The number of carbonyl (C=O) groups excluding carboxylic acids is 1. The van der Waals surface area contributed by atoms with Gasteiger partial charge in [-0.25, -0.2) is 0 Å². The maximum absolute atomic E-state index is 12.6. The highest BCUT2D eigenvalue weighted by Crippen LogP contribution is 2.26. The first-order valence-corrected chi connectivity index (χ1v) is 7.91. The highest BCUT2D eigenvalue weighted by atomic mass is 32.1. The first-order valence-electron chi connectivity index (χ1n) is 7.10. The third kappa shape index (κ3) is 3.46. The largest absolute Gasteiger partial charge is 0.384 e. The predicted octanol–water partition coefficient (Wildman–Crippen LogP) is 1.42. The Morgan fingerprint density at radius 3 is 2.81 bits per heavy atom. The summed E-state index contributed by atoms with van der Waals surface area (Å²) in [6, 6.07) is 2.32. The first kappa shape index (κ1) is 16.0. The van der Waals surface area contributed by atoms with Crippen molar-refractivity contribution < 1.29 is 9.90 Å². The summed E-state index contributed by atoms with van der Waals surface area (Å²) in [5.41, 5.74) is 1.00. The maximum Gasteiger partial charge on any atom is 0.264 e. The Morgan fingerprint density at radius 2 is 2.24 bits per heavy atom. The van der Waals surface area contributed by atoms with Crippen LogP contribution in [0.4, 0.5) is 0 Å². The number of carbonyl (C=O) groups is 1. The summed E-state index contributed by atoms with van der Waals surface area (Å²) in [4.78, 5) is 18.3. The van der Waals surface area contributed by atoms with Crippen molar-refractivity contribution in [2.75, 3.05) is 33.8 Å². The van der Waals surface area contributed by atoms with Crippen LogP contribution in [0.5, 0.6) is 0 Å². The number of aliphatic hydroxyl groups excluding tert-OH is 1. The minimum Gasteiger partial charge on any atom is -0.384 e. The number of amides is 1. The normalized spacial score (nSPS) is 21.5. The second kappa shape index (κ2) is 6.61. The van der Waals surface area contributed by atoms with E-state index < -0.39 is 0 Å². The van der Waals surface area contributed by atoms with Crippen LogP contribution in [-0.4, -0.2) is 60.6 Å². The van der Waals surface area contributed by atoms with Crippen LogP contribution >= 0.6 is 11.3 Å². The Bertz CT molecular complexity index is 583. The molecule has 0 saturated carbocycles. The summed E-state index contributed by atoms with van der Waals surface area (Å²) in [7, 11) is 4.13. The van der Waals surface area contributed by atoms with Crippen molar-refractivity contribution in [3.05, 3.63) is 21.4 Å². The number of aliphatic hydroxyl groups is 1. The molecule has 0 aliphatic carbocycles. The molecule has 21 heavy (non-hydrogen) atoms. The molecule has 2 unspecified atom stereocenters. The topological polar surface area (TPSA) is 43.8 Å². The van der Waals surface area contributed by atoms with E-state index in [-0.39, 0.29) is 12.5 Å². The van der Waals surface area contributed by atoms with Crippen molar-refractivity contribution in [1.29, 1.82) is 0 Å². The van der Waals surface area contributed by atoms with Crippen LogP contribution < -0.4 is 0 Å². The summed E-state index contributed by atoms with van der Waals surface area (Å²) in [6.07, 6.45) is 0. The van der Waals surface area contributed by atoms with E-state index in [1.807, 2.05) is 17.9 Å². The summed E-state index contributed by atoms with van der Waals surface area (Å²) in [6.45, 7) is 5.56. The van der Waals surface area contributed by atoms with E-state index >= 15 is 0 Å². The van der Waals surface area contributed by atoms with Crippen LogP contribution in [0.2, 0.25) is 0 Å². The van der Waals surface area contributed by atoms with E-state index in [1.165, 1.54) is 11.3 Å². The number of aryl methyl sites for hydroxylation is 1. The Balaban J connectivity index is 2.14.